The third kappa shape index (κ3) is 1.98. The van der Waals surface area contributed by atoms with E-state index >= 15 is 0 Å². The molecule has 0 radical (unpaired) electrons. The van der Waals surface area contributed by atoms with Crippen LogP contribution in [0.1, 0.15) is 24.4 Å². The minimum absolute atomic E-state index is 0.140. The summed E-state index contributed by atoms with van der Waals surface area (Å²) >= 11 is 3.45. The molecule has 76 valence electrons. The van der Waals surface area contributed by atoms with Crippen LogP contribution in [0.5, 0.6) is 0 Å². The second-order valence-electron chi connectivity index (χ2n) is 3.61. The first-order valence-electron chi connectivity index (χ1n) is 4.91. The second kappa shape index (κ2) is 4.41. The van der Waals surface area contributed by atoms with Gasteiger partial charge in [0.05, 0.1) is 6.04 Å². The molecular weight excluding hydrogens is 245 g/mol. The van der Waals surface area contributed by atoms with Crippen LogP contribution < -0.4 is 5.32 Å². The summed E-state index contributed by atoms with van der Waals surface area (Å²) < 4.78 is 14.6. The van der Waals surface area contributed by atoms with Crippen molar-refractivity contribution in [2.75, 3.05) is 6.54 Å². The zero-order chi connectivity index (χ0) is 9.97. The van der Waals surface area contributed by atoms with E-state index in [2.05, 4.69) is 21.2 Å². The highest BCUT2D eigenvalue weighted by Gasteiger charge is 2.26. The molecular formula is C11H13BrFN. The highest BCUT2D eigenvalue weighted by atomic mass is 79.9. The Balaban J connectivity index is 2.25. The fraction of sp³-hybridized carbons (Fsp3) is 0.455. The lowest BCUT2D eigenvalue weighted by atomic mass is 9.96. The molecule has 1 aromatic rings. The summed E-state index contributed by atoms with van der Waals surface area (Å²) in [7, 11) is 0. The molecule has 14 heavy (non-hydrogen) atoms. The van der Waals surface area contributed by atoms with E-state index in [-0.39, 0.29) is 6.04 Å². The summed E-state index contributed by atoms with van der Waals surface area (Å²) in [5.41, 5.74) is 1.03. The Morgan fingerprint density at radius 3 is 2.86 bits per heavy atom. The Morgan fingerprint density at radius 1 is 1.36 bits per heavy atom. The molecule has 0 amide bonds. The normalized spacial score (nSPS) is 27.6. The molecule has 2 unspecified atom stereocenters. The largest absolute Gasteiger partial charge is 0.307 e. The molecule has 1 fully saturated rings. The van der Waals surface area contributed by atoms with Gasteiger partial charge in [-0.1, -0.05) is 34.1 Å². The lowest BCUT2D eigenvalue weighted by Crippen LogP contribution is -2.35. The standard InChI is InChI=1S/C11H13BrFN/c12-9-5-2-1-4-8(9)11-10(13)6-3-7-14-11/h1-2,4-5,10-11,14H,3,6-7H2. The number of benzene rings is 1. The maximum absolute atomic E-state index is 13.6. The molecule has 1 aliphatic rings. The van der Waals surface area contributed by atoms with Crippen LogP contribution in [0.4, 0.5) is 4.39 Å². The first-order chi connectivity index (χ1) is 6.79. The molecule has 1 saturated heterocycles. The zero-order valence-corrected chi connectivity index (χ0v) is 9.43. The number of halogens is 2. The van der Waals surface area contributed by atoms with Crippen LogP contribution >= 0.6 is 15.9 Å². The van der Waals surface area contributed by atoms with Gasteiger partial charge < -0.3 is 5.32 Å². The molecule has 2 rings (SSSR count). The third-order valence-electron chi connectivity index (χ3n) is 2.62. The second-order valence-corrected chi connectivity index (χ2v) is 4.47. The Labute approximate surface area is 91.8 Å². The maximum atomic E-state index is 13.6. The fourth-order valence-corrected chi connectivity index (χ4v) is 2.41. The molecule has 0 saturated carbocycles. The van der Waals surface area contributed by atoms with Gasteiger partial charge in [-0.25, -0.2) is 4.39 Å². The molecule has 1 N–H and O–H groups in total. The smallest absolute Gasteiger partial charge is 0.120 e. The van der Waals surface area contributed by atoms with E-state index in [0.29, 0.717) is 6.42 Å². The van der Waals surface area contributed by atoms with Crippen LogP contribution in [0.3, 0.4) is 0 Å². The van der Waals surface area contributed by atoms with Crippen molar-refractivity contribution in [3.8, 4) is 0 Å². The summed E-state index contributed by atoms with van der Waals surface area (Å²) in [6.45, 7) is 0.909. The van der Waals surface area contributed by atoms with E-state index < -0.39 is 6.17 Å². The van der Waals surface area contributed by atoms with E-state index in [9.17, 15) is 4.39 Å². The molecule has 1 heterocycles. The molecule has 0 aliphatic carbocycles. The Kier molecular flexibility index (Phi) is 3.19. The maximum Gasteiger partial charge on any atom is 0.120 e. The number of piperidine rings is 1. The number of alkyl halides is 1. The number of hydrogen-bond donors (Lipinski definition) is 1. The quantitative estimate of drug-likeness (QED) is 0.815. The average Bonchev–Trinajstić information content (AvgIpc) is 2.20. The lowest BCUT2D eigenvalue weighted by molar-refractivity contribution is 0.201. The zero-order valence-electron chi connectivity index (χ0n) is 7.84. The van der Waals surface area contributed by atoms with Gasteiger partial charge >= 0.3 is 0 Å². The highest BCUT2D eigenvalue weighted by molar-refractivity contribution is 9.10. The molecule has 1 aromatic carbocycles. The van der Waals surface area contributed by atoms with Gasteiger partial charge in [-0.05, 0) is 31.0 Å². The van der Waals surface area contributed by atoms with Crippen molar-refractivity contribution in [2.45, 2.75) is 25.1 Å². The van der Waals surface area contributed by atoms with Crippen molar-refractivity contribution in [1.82, 2.24) is 5.32 Å². The topological polar surface area (TPSA) is 12.0 Å². The van der Waals surface area contributed by atoms with E-state index in [0.717, 1.165) is 23.0 Å². The van der Waals surface area contributed by atoms with Crippen LogP contribution in [0.15, 0.2) is 28.7 Å². The highest BCUT2D eigenvalue weighted by Crippen LogP contribution is 2.30. The minimum Gasteiger partial charge on any atom is -0.307 e. The van der Waals surface area contributed by atoms with Gasteiger partial charge in [-0.15, -0.1) is 0 Å². The van der Waals surface area contributed by atoms with Crippen molar-refractivity contribution in [3.63, 3.8) is 0 Å². The Morgan fingerprint density at radius 2 is 2.14 bits per heavy atom. The van der Waals surface area contributed by atoms with Crippen molar-refractivity contribution in [1.29, 1.82) is 0 Å². The van der Waals surface area contributed by atoms with E-state index in [1.54, 1.807) is 0 Å². The monoisotopic (exact) mass is 257 g/mol. The van der Waals surface area contributed by atoms with Gasteiger partial charge in [0, 0.05) is 4.47 Å². The summed E-state index contributed by atoms with van der Waals surface area (Å²) in [4.78, 5) is 0. The number of rotatable bonds is 1. The van der Waals surface area contributed by atoms with Crippen molar-refractivity contribution in [2.24, 2.45) is 0 Å². The minimum atomic E-state index is -0.762. The predicted molar refractivity (Wildman–Crippen MR) is 59.0 cm³/mol. The molecule has 0 bridgehead atoms. The van der Waals surface area contributed by atoms with E-state index in [1.807, 2.05) is 24.3 Å². The van der Waals surface area contributed by atoms with Gasteiger partial charge in [-0.2, -0.15) is 0 Å². The molecule has 1 nitrogen and oxygen atoms in total. The van der Waals surface area contributed by atoms with Crippen molar-refractivity contribution >= 4 is 15.9 Å². The fourth-order valence-electron chi connectivity index (χ4n) is 1.88. The predicted octanol–water partition coefficient (Wildman–Crippen LogP) is 3.21. The van der Waals surface area contributed by atoms with E-state index in [1.165, 1.54) is 0 Å². The van der Waals surface area contributed by atoms with Gasteiger partial charge in [0.15, 0.2) is 0 Å². The molecule has 0 spiro atoms. The summed E-state index contributed by atoms with van der Waals surface area (Å²) in [6, 6.07) is 7.68. The van der Waals surface area contributed by atoms with Gasteiger partial charge in [0.1, 0.15) is 6.17 Å². The molecule has 3 heteroatoms. The van der Waals surface area contributed by atoms with Crippen molar-refractivity contribution in [3.05, 3.63) is 34.3 Å². The van der Waals surface area contributed by atoms with Crippen LogP contribution in [0.2, 0.25) is 0 Å². The van der Waals surface area contributed by atoms with Gasteiger partial charge in [0.2, 0.25) is 0 Å². The molecule has 0 aromatic heterocycles. The Hall–Kier alpha value is -0.410. The van der Waals surface area contributed by atoms with Gasteiger partial charge in [-0.3, -0.25) is 0 Å². The van der Waals surface area contributed by atoms with Crippen LogP contribution in [0.25, 0.3) is 0 Å². The molecule has 2 atom stereocenters. The third-order valence-corrected chi connectivity index (χ3v) is 3.35. The van der Waals surface area contributed by atoms with Gasteiger partial charge in [0.25, 0.3) is 0 Å². The summed E-state index contributed by atoms with van der Waals surface area (Å²) in [6.07, 6.45) is 0.837. The first kappa shape index (κ1) is 10.1. The number of hydrogen-bond acceptors (Lipinski definition) is 1. The summed E-state index contributed by atoms with van der Waals surface area (Å²) in [5.74, 6) is 0. The van der Waals surface area contributed by atoms with Crippen LogP contribution in [-0.2, 0) is 0 Å². The first-order valence-corrected chi connectivity index (χ1v) is 5.70. The molecule has 1 aliphatic heterocycles. The number of nitrogens with one attached hydrogen (secondary N) is 1. The van der Waals surface area contributed by atoms with Crippen molar-refractivity contribution < 1.29 is 4.39 Å². The SMILES string of the molecule is FC1CCCNC1c1ccccc1Br. The lowest BCUT2D eigenvalue weighted by Gasteiger charge is -2.28. The van der Waals surface area contributed by atoms with Crippen LogP contribution in [-0.4, -0.2) is 12.7 Å². The van der Waals surface area contributed by atoms with Crippen LogP contribution in [0, 0.1) is 0 Å². The average molecular weight is 258 g/mol. The summed E-state index contributed by atoms with van der Waals surface area (Å²) in [5, 5.41) is 3.22. The van der Waals surface area contributed by atoms with E-state index in [4.69, 9.17) is 0 Å². The Bertz CT molecular complexity index is 316.